The molecule has 0 aromatic carbocycles. The van der Waals surface area contributed by atoms with Crippen LogP contribution in [0, 0.1) is 0 Å². The molecule has 0 aliphatic heterocycles. The summed E-state index contributed by atoms with van der Waals surface area (Å²) in [4.78, 5) is 9.30. The van der Waals surface area contributed by atoms with Crippen LogP contribution in [0.1, 0.15) is 56.8 Å². The van der Waals surface area contributed by atoms with E-state index in [0.29, 0.717) is 17.5 Å². The van der Waals surface area contributed by atoms with Crippen molar-refractivity contribution in [3.8, 4) is 0 Å². The van der Waals surface area contributed by atoms with Gasteiger partial charge in [-0.05, 0) is 25.8 Å². The number of aromatic nitrogens is 3. The Kier molecular flexibility index (Phi) is 3.94. The highest BCUT2D eigenvalue weighted by Gasteiger charge is 2.24. The Balaban J connectivity index is 2.13. The van der Waals surface area contributed by atoms with Crippen LogP contribution in [0.4, 0.5) is 0 Å². The maximum absolute atomic E-state index is 6.04. The third-order valence-electron chi connectivity index (χ3n) is 4.28. The highest BCUT2D eigenvalue weighted by Crippen LogP contribution is 2.35. The summed E-state index contributed by atoms with van der Waals surface area (Å²) in [7, 11) is 0. The number of nitrogens with two attached hydrogens (primary N) is 1. The van der Waals surface area contributed by atoms with Crippen LogP contribution in [0.3, 0.4) is 0 Å². The number of fused-ring (bicyclic) bond motifs is 1. The monoisotopic (exact) mass is 292 g/mol. The Bertz CT molecular complexity index is 601. The lowest BCUT2D eigenvalue weighted by Gasteiger charge is -2.24. The summed E-state index contributed by atoms with van der Waals surface area (Å²) in [5.41, 5.74) is 7.68. The van der Waals surface area contributed by atoms with Crippen LogP contribution in [0.25, 0.3) is 11.2 Å². The van der Waals surface area contributed by atoms with E-state index in [9.17, 15) is 0 Å². The van der Waals surface area contributed by atoms with Crippen LogP contribution in [0.5, 0.6) is 0 Å². The molecule has 0 bridgehead atoms. The highest BCUT2D eigenvalue weighted by molar-refractivity contribution is 6.31. The smallest absolute Gasteiger partial charge is 0.160 e. The summed E-state index contributed by atoms with van der Waals surface area (Å²) in [5, 5.41) is 0.637. The quantitative estimate of drug-likeness (QED) is 0.939. The Morgan fingerprint density at radius 2 is 2.15 bits per heavy atom. The first-order chi connectivity index (χ1) is 9.70. The van der Waals surface area contributed by atoms with Crippen LogP contribution in [-0.4, -0.2) is 21.1 Å². The Labute approximate surface area is 124 Å². The topological polar surface area (TPSA) is 56.7 Å². The van der Waals surface area contributed by atoms with Crippen LogP contribution >= 0.6 is 11.6 Å². The maximum atomic E-state index is 6.04. The van der Waals surface area contributed by atoms with Crippen molar-refractivity contribution < 1.29 is 0 Å². The van der Waals surface area contributed by atoms with E-state index in [0.717, 1.165) is 17.0 Å². The van der Waals surface area contributed by atoms with E-state index in [4.69, 9.17) is 22.3 Å². The minimum Gasteiger partial charge on any atom is -0.328 e. The van der Waals surface area contributed by atoms with Gasteiger partial charge in [0.2, 0.25) is 0 Å². The number of imidazole rings is 1. The highest BCUT2D eigenvalue weighted by atomic mass is 35.5. The van der Waals surface area contributed by atoms with E-state index in [1.807, 2.05) is 6.07 Å². The molecule has 2 aromatic heterocycles. The molecule has 1 atom stereocenters. The van der Waals surface area contributed by atoms with Crippen molar-refractivity contribution in [2.24, 2.45) is 5.73 Å². The first-order valence-corrected chi connectivity index (χ1v) is 7.82. The fraction of sp³-hybridized carbons (Fsp3) is 0.600. The molecular weight excluding hydrogens is 272 g/mol. The van der Waals surface area contributed by atoms with Crippen molar-refractivity contribution in [1.29, 1.82) is 0 Å². The van der Waals surface area contributed by atoms with Gasteiger partial charge in [-0.15, -0.1) is 0 Å². The van der Waals surface area contributed by atoms with Crippen molar-refractivity contribution >= 4 is 22.8 Å². The fourth-order valence-electron chi connectivity index (χ4n) is 3.16. The molecule has 20 heavy (non-hydrogen) atoms. The normalized spacial score (nSPS) is 18.6. The molecule has 2 aromatic rings. The van der Waals surface area contributed by atoms with Gasteiger partial charge in [0.25, 0.3) is 0 Å². The van der Waals surface area contributed by atoms with Gasteiger partial charge in [-0.25, -0.2) is 9.97 Å². The largest absolute Gasteiger partial charge is 0.328 e. The SMILES string of the molecule is CC(CN)n1c(C2CCCCC2)nc2cc(Cl)cnc21. The van der Waals surface area contributed by atoms with Gasteiger partial charge in [-0.3, -0.25) is 0 Å². The number of rotatable bonds is 3. The van der Waals surface area contributed by atoms with Crippen molar-refractivity contribution in [2.45, 2.75) is 51.0 Å². The molecule has 0 spiro atoms. The second-order valence-corrected chi connectivity index (χ2v) is 6.19. The molecule has 1 aliphatic rings. The molecule has 4 nitrogen and oxygen atoms in total. The average molecular weight is 293 g/mol. The Hall–Kier alpha value is -1.13. The van der Waals surface area contributed by atoms with Crippen molar-refractivity contribution in [3.63, 3.8) is 0 Å². The van der Waals surface area contributed by atoms with Gasteiger partial charge < -0.3 is 10.3 Å². The Morgan fingerprint density at radius 3 is 2.85 bits per heavy atom. The van der Waals surface area contributed by atoms with Crippen molar-refractivity contribution in [3.05, 3.63) is 23.1 Å². The lowest BCUT2D eigenvalue weighted by atomic mass is 9.88. The Morgan fingerprint density at radius 1 is 1.40 bits per heavy atom. The summed E-state index contributed by atoms with van der Waals surface area (Å²) in [6.07, 6.45) is 8.05. The number of nitrogens with zero attached hydrogens (tertiary/aromatic N) is 3. The van der Waals surface area contributed by atoms with Crippen LogP contribution in [0.15, 0.2) is 12.3 Å². The molecule has 0 saturated heterocycles. The number of hydrogen-bond acceptors (Lipinski definition) is 3. The van der Waals surface area contributed by atoms with Gasteiger partial charge in [0, 0.05) is 24.7 Å². The van der Waals surface area contributed by atoms with Gasteiger partial charge in [0.05, 0.1) is 5.02 Å². The van der Waals surface area contributed by atoms with Gasteiger partial charge in [-0.1, -0.05) is 30.9 Å². The number of pyridine rings is 1. The van der Waals surface area contributed by atoms with E-state index in [1.165, 1.54) is 32.1 Å². The summed E-state index contributed by atoms with van der Waals surface area (Å²) in [5.74, 6) is 1.68. The van der Waals surface area contributed by atoms with E-state index in [2.05, 4.69) is 16.5 Å². The van der Waals surface area contributed by atoms with Gasteiger partial charge >= 0.3 is 0 Å². The first kappa shape index (κ1) is 13.8. The molecule has 108 valence electrons. The van der Waals surface area contributed by atoms with Gasteiger partial charge in [-0.2, -0.15) is 0 Å². The second-order valence-electron chi connectivity index (χ2n) is 5.76. The molecule has 1 aliphatic carbocycles. The predicted molar refractivity (Wildman–Crippen MR) is 82.1 cm³/mol. The summed E-state index contributed by atoms with van der Waals surface area (Å²) >= 11 is 6.04. The molecule has 1 saturated carbocycles. The second kappa shape index (κ2) is 5.70. The van der Waals surface area contributed by atoms with Crippen molar-refractivity contribution in [2.75, 3.05) is 6.54 Å². The third-order valence-corrected chi connectivity index (χ3v) is 4.48. The third kappa shape index (κ3) is 2.42. The molecule has 1 fully saturated rings. The first-order valence-electron chi connectivity index (χ1n) is 7.44. The number of halogens is 1. The molecular formula is C15H21ClN4. The summed E-state index contributed by atoms with van der Waals surface area (Å²) in [6, 6.07) is 2.11. The van der Waals surface area contributed by atoms with Crippen molar-refractivity contribution in [1.82, 2.24) is 14.5 Å². The molecule has 0 amide bonds. The van der Waals surface area contributed by atoms with E-state index in [1.54, 1.807) is 6.20 Å². The minimum absolute atomic E-state index is 0.214. The zero-order valence-corrected chi connectivity index (χ0v) is 12.6. The zero-order chi connectivity index (χ0) is 14.1. The van der Waals surface area contributed by atoms with E-state index >= 15 is 0 Å². The standard InChI is InChI=1S/C15H21ClN4/c1-10(8-17)20-14(11-5-3-2-4-6-11)19-13-7-12(16)9-18-15(13)20/h7,9-11H,2-6,8,17H2,1H3. The molecule has 2 N–H and O–H groups in total. The fourth-order valence-corrected chi connectivity index (χ4v) is 3.32. The van der Waals surface area contributed by atoms with E-state index < -0.39 is 0 Å². The summed E-state index contributed by atoms with van der Waals surface area (Å²) in [6.45, 7) is 2.72. The van der Waals surface area contributed by atoms with Crippen LogP contribution in [0.2, 0.25) is 5.02 Å². The summed E-state index contributed by atoms with van der Waals surface area (Å²) < 4.78 is 2.22. The van der Waals surface area contributed by atoms with Gasteiger partial charge in [0.15, 0.2) is 5.65 Å². The maximum Gasteiger partial charge on any atom is 0.160 e. The van der Waals surface area contributed by atoms with E-state index in [-0.39, 0.29) is 6.04 Å². The molecule has 5 heteroatoms. The predicted octanol–water partition coefficient (Wildman–Crippen LogP) is 3.65. The molecule has 0 radical (unpaired) electrons. The average Bonchev–Trinajstić information content (AvgIpc) is 2.85. The van der Waals surface area contributed by atoms with Gasteiger partial charge in [0.1, 0.15) is 11.3 Å². The lowest BCUT2D eigenvalue weighted by Crippen LogP contribution is -2.21. The number of hydrogen-bond donors (Lipinski definition) is 1. The van der Waals surface area contributed by atoms with Crippen LogP contribution in [-0.2, 0) is 0 Å². The van der Waals surface area contributed by atoms with Crippen LogP contribution < -0.4 is 5.73 Å². The lowest BCUT2D eigenvalue weighted by molar-refractivity contribution is 0.405. The molecule has 3 rings (SSSR count). The zero-order valence-electron chi connectivity index (χ0n) is 11.8. The minimum atomic E-state index is 0.214. The molecule has 1 unspecified atom stereocenters. The molecule has 2 heterocycles.